The van der Waals surface area contributed by atoms with Gasteiger partial charge >= 0.3 is 0 Å². The molecule has 1 aliphatic heterocycles. The first-order valence-corrected chi connectivity index (χ1v) is 11.0. The van der Waals surface area contributed by atoms with E-state index >= 15 is 0 Å². The summed E-state index contributed by atoms with van der Waals surface area (Å²) in [5.41, 5.74) is 3.11. The van der Waals surface area contributed by atoms with Crippen molar-refractivity contribution >= 4 is 11.6 Å². The highest BCUT2D eigenvalue weighted by Crippen LogP contribution is 2.22. The summed E-state index contributed by atoms with van der Waals surface area (Å²) < 4.78 is 5.47. The van der Waals surface area contributed by atoms with Crippen molar-refractivity contribution in [1.29, 1.82) is 0 Å². The van der Waals surface area contributed by atoms with Gasteiger partial charge in [-0.05, 0) is 63.9 Å². The van der Waals surface area contributed by atoms with Gasteiger partial charge in [0, 0.05) is 55.1 Å². The highest BCUT2D eigenvalue weighted by atomic mass is 16.5. The van der Waals surface area contributed by atoms with Gasteiger partial charge in [-0.15, -0.1) is 0 Å². The number of piperidine rings is 1. The van der Waals surface area contributed by atoms with Gasteiger partial charge in [0.05, 0.1) is 7.11 Å². The van der Waals surface area contributed by atoms with E-state index in [9.17, 15) is 4.79 Å². The summed E-state index contributed by atoms with van der Waals surface area (Å²) in [5, 5.41) is 3.22. The van der Waals surface area contributed by atoms with Crippen LogP contribution in [0.25, 0.3) is 0 Å². The van der Waals surface area contributed by atoms with Crippen LogP contribution < -0.4 is 15.0 Å². The third-order valence-corrected chi connectivity index (χ3v) is 5.93. The van der Waals surface area contributed by atoms with Crippen LogP contribution in [0.1, 0.15) is 49.5 Å². The number of hydrogen-bond acceptors (Lipinski definition) is 4. The average molecular weight is 410 g/mol. The van der Waals surface area contributed by atoms with E-state index in [-0.39, 0.29) is 11.9 Å². The van der Waals surface area contributed by atoms with Crippen LogP contribution in [0.2, 0.25) is 0 Å². The maximum Gasteiger partial charge on any atom is 0.251 e. The maximum absolute atomic E-state index is 12.7. The Labute approximate surface area is 181 Å². The maximum atomic E-state index is 12.7. The van der Waals surface area contributed by atoms with Crippen LogP contribution in [0.4, 0.5) is 5.69 Å². The first-order chi connectivity index (χ1) is 14.5. The zero-order valence-electron chi connectivity index (χ0n) is 18.7. The fraction of sp³-hybridized carbons (Fsp3) is 0.480. The lowest BCUT2D eigenvalue weighted by Crippen LogP contribution is -2.44. The van der Waals surface area contributed by atoms with Crippen LogP contribution in [0.15, 0.2) is 48.5 Å². The van der Waals surface area contributed by atoms with Gasteiger partial charge in [-0.2, -0.15) is 0 Å². The molecule has 1 fully saturated rings. The predicted octanol–water partition coefficient (Wildman–Crippen LogP) is 4.32. The number of amides is 1. The van der Waals surface area contributed by atoms with Crippen molar-refractivity contribution in [1.82, 2.24) is 10.2 Å². The van der Waals surface area contributed by atoms with Crippen LogP contribution in [-0.2, 0) is 6.54 Å². The Hall–Kier alpha value is -2.53. The number of carbonyl (C=O) groups is 1. The Kier molecular flexibility index (Phi) is 7.75. The molecule has 0 saturated carbocycles. The van der Waals surface area contributed by atoms with Crippen LogP contribution in [0.5, 0.6) is 5.75 Å². The fourth-order valence-corrected chi connectivity index (χ4v) is 4.23. The molecule has 0 bridgehead atoms. The third kappa shape index (κ3) is 5.54. The Morgan fingerprint density at radius 3 is 2.40 bits per heavy atom. The molecule has 2 aromatic rings. The molecule has 30 heavy (non-hydrogen) atoms. The van der Waals surface area contributed by atoms with Gasteiger partial charge in [0.15, 0.2) is 0 Å². The smallest absolute Gasteiger partial charge is 0.251 e. The summed E-state index contributed by atoms with van der Waals surface area (Å²) in [6, 6.07) is 16.8. The lowest BCUT2D eigenvalue weighted by Gasteiger charge is -2.32. The van der Waals surface area contributed by atoms with Crippen molar-refractivity contribution in [2.45, 2.75) is 52.2 Å². The molecule has 1 aliphatic rings. The SMILES string of the molecule is CCN(c1ccc(C(=O)NC2CCN(Cc3ccccc3OC)CC2)cc1)C(C)C. The molecule has 1 N–H and O–H groups in total. The molecule has 162 valence electrons. The van der Waals surface area contributed by atoms with E-state index in [0.29, 0.717) is 6.04 Å². The monoisotopic (exact) mass is 409 g/mol. The van der Waals surface area contributed by atoms with Gasteiger partial charge in [-0.3, -0.25) is 9.69 Å². The number of likely N-dealkylation sites (tertiary alicyclic amines) is 1. The lowest BCUT2D eigenvalue weighted by atomic mass is 10.0. The number of anilines is 1. The Morgan fingerprint density at radius 2 is 1.80 bits per heavy atom. The second-order valence-electron chi connectivity index (χ2n) is 8.26. The molecule has 0 aliphatic carbocycles. The molecule has 1 amide bonds. The third-order valence-electron chi connectivity index (χ3n) is 5.93. The highest BCUT2D eigenvalue weighted by molar-refractivity contribution is 5.94. The highest BCUT2D eigenvalue weighted by Gasteiger charge is 2.22. The molecule has 1 saturated heterocycles. The van der Waals surface area contributed by atoms with Crippen molar-refractivity contribution in [3.05, 3.63) is 59.7 Å². The number of carbonyl (C=O) groups excluding carboxylic acids is 1. The summed E-state index contributed by atoms with van der Waals surface area (Å²) in [4.78, 5) is 17.4. The molecular formula is C25H35N3O2. The lowest BCUT2D eigenvalue weighted by molar-refractivity contribution is 0.0909. The average Bonchev–Trinajstić information content (AvgIpc) is 2.76. The Morgan fingerprint density at radius 1 is 1.13 bits per heavy atom. The van der Waals surface area contributed by atoms with Crippen molar-refractivity contribution < 1.29 is 9.53 Å². The summed E-state index contributed by atoms with van der Waals surface area (Å²) in [6.07, 6.45) is 1.94. The zero-order valence-corrected chi connectivity index (χ0v) is 18.7. The van der Waals surface area contributed by atoms with Crippen LogP contribution in [0, 0.1) is 0 Å². The van der Waals surface area contributed by atoms with E-state index in [4.69, 9.17) is 4.74 Å². The molecule has 1 heterocycles. The normalized spacial score (nSPS) is 15.2. The number of rotatable bonds is 8. The number of ether oxygens (including phenoxy) is 1. The minimum atomic E-state index is 0.0253. The number of nitrogens with zero attached hydrogens (tertiary/aromatic N) is 2. The summed E-state index contributed by atoms with van der Waals surface area (Å²) in [5.74, 6) is 0.966. The van der Waals surface area contributed by atoms with E-state index in [1.807, 2.05) is 36.4 Å². The molecule has 5 heteroatoms. The van der Waals surface area contributed by atoms with E-state index in [1.165, 1.54) is 5.56 Å². The molecule has 2 aromatic carbocycles. The molecule has 0 atom stereocenters. The van der Waals surface area contributed by atoms with E-state index < -0.39 is 0 Å². The standard InChI is InChI=1S/C25H35N3O2/c1-5-28(19(2)3)23-12-10-20(11-13-23)25(29)26-22-14-16-27(17-15-22)18-21-8-6-7-9-24(21)30-4/h6-13,19,22H,5,14-18H2,1-4H3,(H,26,29). The summed E-state index contributed by atoms with van der Waals surface area (Å²) in [6.45, 7) is 10.3. The van der Waals surface area contributed by atoms with Crippen LogP contribution in [0.3, 0.4) is 0 Å². The van der Waals surface area contributed by atoms with Crippen molar-refractivity contribution in [2.24, 2.45) is 0 Å². The van der Waals surface area contributed by atoms with Gasteiger partial charge in [0.2, 0.25) is 0 Å². The van der Waals surface area contributed by atoms with Crippen LogP contribution >= 0.6 is 0 Å². The molecule has 5 nitrogen and oxygen atoms in total. The molecular weight excluding hydrogens is 374 g/mol. The minimum absolute atomic E-state index is 0.0253. The van der Waals surface area contributed by atoms with Crippen molar-refractivity contribution in [2.75, 3.05) is 31.6 Å². The molecule has 0 aromatic heterocycles. The van der Waals surface area contributed by atoms with Gasteiger partial charge in [-0.1, -0.05) is 18.2 Å². The quantitative estimate of drug-likeness (QED) is 0.705. The molecule has 0 radical (unpaired) electrons. The van der Waals surface area contributed by atoms with Gasteiger partial charge < -0.3 is 15.0 Å². The molecule has 3 rings (SSSR count). The number of methoxy groups -OCH3 is 1. The predicted molar refractivity (Wildman–Crippen MR) is 123 cm³/mol. The Balaban J connectivity index is 1.50. The van der Waals surface area contributed by atoms with Gasteiger partial charge in [0.1, 0.15) is 5.75 Å². The topological polar surface area (TPSA) is 44.8 Å². The molecule has 0 unspecified atom stereocenters. The van der Waals surface area contributed by atoms with E-state index in [0.717, 1.165) is 56.0 Å². The van der Waals surface area contributed by atoms with Crippen LogP contribution in [-0.4, -0.2) is 49.6 Å². The second-order valence-corrected chi connectivity index (χ2v) is 8.26. The molecule has 0 spiro atoms. The largest absolute Gasteiger partial charge is 0.496 e. The van der Waals surface area contributed by atoms with Gasteiger partial charge in [-0.25, -0.2) is 0 Å². The second kappa shape index (κ2) is 10.5. The zero-order chi connectivity index (χ0) is 21.5. The summed E-state index contributed by atoms with van der Waals surface area (Å²) >= 11 is 0. The fourth-order valence-electron chi connectivity index (χ4n) is 4.23. The number of benzene rings is 2. The first kappa shape index (κ1) is 22.2. The summed E-state index contributed by atoms with van der Waals surface area (Å²) in [7, 11) is 1.72. The van der Waals surface area contributed by atoms with Gasteiger partial charge in [0.25, 0.3) is 5.91 Å². The minimum Gasteiger partial charge on any atom is -0.496 e. The van der Waals surface area contributed by atoms with Crippen molar-refractivity contribution in [3.63, 3.8) is 0 Å². The first-order valence-electron chi connectivity index (χ1n) is 11.0. The van der Waals surface area contributed by atoms with Crippen molar-refractivity contribution in [3.8, 4) is 5.75 Å². The number of para-hydroxylation sites is 1. The Bertz CT molecular complexity index is 811. The van der Waals surface area contributed by atoms with E-state index in [1.54, 1.807) is 7.11 Å². The van der Waals surface area contributed by atoms with E-state index in [2.05, 4.69) is 48.0 Å². The number of nitrogens with one attached hydrogen (secondary N) is 1. The number of hydrogen-bond donors (Lipinski definition) is 1.